The lowest BCUT2D eigenvalue weighted by Gasteiger charge is -2.11. The molecule has 6 nitrogen and oxygen atoms in total. The normalized spacial score (nSPS) is 20.3. The number of hydrogen-bond donors (Lipinski definition) is 2. The lowest BCUT2D eigenvalue weighted by atomic mass is 10.3. The van der Waals surface area contributed by atoms with E-state index in [0.717, 1.165) is 32.4 Å². The molecule has 0 radical (unpaired) electrons. The lowest BCUT2D eigenvalue weighted by Crippen LogP contribution is -2.37. The number of aromatic nitrogens is 2. The smallest absolute Gasteiger partial charge is 0.213 e. The standard InChI is InChI=1S/C11H20N4O2S/c16-18(17,9-11-3-1-4-13-11)14-5-2-7-15-8-6-12-10-15/h6,8,10-11,13-14H,1-5,7,9H2. The van der Waals surface area contributed by atoms with Gasteiger partial charge in [-0.1, -0.05) is 0 Å². The maximum Gasteiger partial charge on any atom is 0.213 e. The van der Waals surface area contributed by atoms with E-state index in [1.165, 1.54) is 0 Å². The van der Waals surface area contributed by atoms with Gasteiger partial charge in [0.2, 0.25) is 10.0 Å². The Morgan fingerprint density at radius 2 is 2.39 bits per heavy atom. The van der Waals surface area contributed by atoms with Crippen LogP contribution >= 0.6 is 0 Å². The van der Waals surface area contributed by atoms with Crippen molar-refractivity contribution in [2.45, 2.75) is 31.8 Å². The first-order valence-corrected chi connectivity index (χ1v) is 7.97. The zero-order valence-corrected chi connectivity index (χ0v) is 11.2. The zero-order chi connectivity index (χ0) is 12.8. The molecule has 2 heterocycles. The summed E-state index contributed by atoms with van der Waals surface area (Å²) in [6, 6.07) is 0.121. The Bertz CT molecular complexity index is 438. The maximum absolute atomic E-state index is 11.8. The van der Waals surface area contributed by atoms with Crippen molar-refractivity contribution < 1.29 is 8.42 Å². The molecule has 1 aromatic rings. The van der Waals surface area contributed by atoms with Crippen LogP contribution in [0.3, 0.4) is 0 Å². The van der Waals surface area contributed by atoms with Crippen LogP contribution in [0, 0.1) is 0 Å². The minimum atomic E-state index is -3.14. The van der Waals surface area contributed by atoms with Gasteiger partial charge in [0.05, 0.1) is 12.1 Å². The second-order valence-electron chi connectivity index (χ2n) is 4.62. The molecular weight excluding hydrogens is 252 g/mol. The third kappa shape index (κ3) is 4.40. The van der Waals surface area contributed by atoms with E-state index in [0.29, 0.717) is 6.54 Å². The van der Waals surface area contributed by atoms with Crippen molar-refractivity contribution in [1.29, 1.82) is 0 Å². The van der Waals surface area contributed by atoms with Gasteiger partial charge in [0, 0.05) is 31.5 Å². The van der Waals surface area contributed by atoms with Gasteiger partial charge < -0.3 is 9.88 Å². The molecule has 102 valence electrons. The highest BCUT2D eigenvalue weighted by atomic mass is 32.2. The van der Waals surface area contributed by atoms with Crippen LogP contribution in [0.4, 0.5) is 0 Å². The van der Waals surface area contributed by atoms with Gasteiger partial charge in [0.25, 0.3) is 0 Å². The maximum atomic E-state index is 11.8. The SMILES string of the molecule is O=S(=O)(CC1CCCN1)NCCCn1ccnc1. The number of sulfonamides is 1. The number of hydrogen-bond acceptors (Lipinski definition) is 4. The second kappa shape index (κ2) is 6.31. The summed E-state index contributed by atoms with van der Waals surface area (Å²) in [5, 5.41) is 3.19. The van der Waals surface area contributed by atoms with Gasteiger partial charge in [-0.05, 0) is 25.8 Å². The van der Waals surface area contributed by atoms with Gasteiger partial charge in [-0.15, -0.1) is 0 Å². The third-order valence-electron chi connectivity index (χ3n) is 3.06. The van der Waals surface area contributed by atoms with Crippen LogP contribution in [-0.2, 0) is 16.6 Å². The average molecular weight is 272 g/mol. The van der Waals surface area contributed by atoms with Crippen LogP contribution in [0.1, 0.15) is 19.3 Å². The van der Waals surface area contributed by atoms with E-state index < -0.39 is 10.0 Å². The molecule has 18 heavy (non-hydrogen) atoms. The minimum Gasteiger partial charge on any atom is -0.337 e. The molecule has 0 bridgehead atoms. The summed E-state index contributed by atoms with van der Waals surface area (Å²) in [5.74, 6) is 0.193. The van der Waals surface area contributed by atoms with Crippen LogP contribution in [0.15, 0.2) is 18.7 Å². The van der Waals surface area contributed by atoms with Crippen molar-refractivity contribution in [3.05, 3.63) is 18.7 Å². The Balaban J connectivity index is 1.65. The van der Waals surface area contributed by atoms with E-state index in [4.69, 9.17) is 0 Å². The molecule has 2 rings (SSSR count). The summed E-state index contributed by atoms with van der Waals surface area (Å²) in [7, 11) is -3.14. The quantitative estimate of drug-likeness (QED) is 0.682. The van der Waals surface area contributed by atoms with Gasteiger partial charge in [0.1, 0.15) is 0 Å². The van der Waals surface area contributed by atoms with E-state index >= 15 is 0 Å². The fourth-order valence-electron chi connectivity index (χ4n) is 2.13. The monoisotopic (exact) mass is 272 g/mol. The van der Waals surface area contributed by atoms with Crippen molar-refractivity contribution in [2.75, 3.05) is 18.8 Å². The Labute approximate surface area is 108 Å². The van der Waals surface area contributed by atoms with Crippen molar-refractivity contribution in [3.8, 4) is 0 Å². The van der Waals surface area contributed by atoms with Gasteiger partial charge in [-0.25, -0.2) is 18.1 Å². The molecule has 0 saturated carbocycles. The number of imidazole rings is 1. The second-order valence-corrected chi connectivity index (χ2v) is 6.47. The summed E-state index contributed by atoms with van der Waals surface area (Å²) in [4.78, 5) is 3.93. The highest BCUT2D eigenvalue weighted by Gasteiger charge is 2.21. The van der Waals surface area contributed by atoms with E-state index in [2.05, 4.69) is 15.0 Å². The highest BCUT2D eigenvalue weighted by molar-refractivity contribution is 7.89. The first-order valence-electron chi connectivity index (χ1n) is 6.32. The molecule has 1 atom stereocenters. The molecule has 0 amide bonds. The molecule has 1 unspecified atom stereocenters. The lowest BCUT2D eigenvalue weighted by molar-refractivity contribution is 0.555. The van der Waals surface area contributed by atoms with Gasteiger partial charge in [0.15, 0.2) is 0 Å². The van der Waals surface area contributed by atoms with Gasteiger partial charge in [-0.3, -0.25) is 0 Å². The topological polar surface area (TPSA) is 76.0 Å². The van der Waals surface area contributed by atoms with Crippen LogP contribution in [0.25, 0.3) is 0 Å². The fraction of sp³-hybridized carbons (Fsp3) is 0.727. The summed E-state index contributed by atoms with van der Waals surface area (Å²) < 4.78 is 28.1. The van der Waals surface area contributed by atoms with Crippen LogP contribution < -0.4 is 10.0 Å². The minimum absolute atomic E-state index is 0.121. The van der Waals surface area contributed by atoms with Crippen molar-refractivity contribution in [1.82, 2.24) is 19.6 Å². The van der Waals surface area contributed by atoms with Crippen molar-refractivity contribution >= 4 is 10.0 Å². The molecule has 2 N–H and O–H groups in total. The molecule has 1 fully saturated rings. The van der Waals surface area contributed by atoms with E-state index in [1.807, 2.05) is 10.8 Å². The number of rotatable bonds is 7. The summed E-state index contributed by atoms with van der Waals surface area (Å²) in [5.41, 5.74) is 0. The number of aryl methyl sites for hydroxylation is 1. The molecule has 1 saturated heterocycles. The molecule has 1 aliphatic rings. The Hall–Kier alpha value is -0.920. The Morgan fingerprint density at radius 3 is 3.06 bits per heavy atom. The Morgan fingerprint density at radius 1 is 1.50 bits per heavy atom. The van der Waals surface area contributed by atoms with E-state index in [1.54, 1.807) is 12.5 Å². The summed E-state index contributed by atoms with van der Waals surface area (Å²) in [6.07, 6.45) is 8.12. The van der Waals surface area contributed by atoms with Crippen molar-refractivity contribution in [2.24, 2.45) is 0 Å². The molecular formula is C11H20N4O2S. The molecule has 0 spiro atoms. The Kier molecular flexibility index (Phi) is 4.73. The van der Waals surface area contributed by atoms with Crippen LogP contribution in [-0.4, -0.2) is 42.9 Å². The number of nitrogens with zero attached hydrogens (tertiary/aromatic N) is 2. The third-order valence-corrected chi connectivity index (χ3v) is 4.54. The molecule has 0 aliphatic carbocycles. The van der Waals surface area contributed by atoms with Gasteiger partial charge >= 0.3 is 0 Å². The molecule has 1 aliphatic heterocycles. The largest absolute Gasteiger partial charge is 0.337 e. The highest BCUT2D eigenvalue weighted by Crippen LogP contribution is 2.06. The summed E-state index contributed by atoms with van der Waals surface area (Å²) in [6.45, 7) is 2.19. The van der Waals surface area contributed by atoms with Crippen LogP contribution in [0.2, 0.25) is 0 Å². The fourth-order valence-corrected chi connectivity index (χ4v) is 3.52. The molecule has 7 heteroatoms. The van der Waals surface area contributed by atoms with E-state index in [9.17, 15) is 8.42 Å². The zero-order valence-electron chi connectivity index (χ0n) is 10.4. The van der Waals surface area contributed by atoms with E-state index in [-0.39, 0.29) is 11.8 Å². The average Bonchev–Trinajstić information content (AvgIpc) is 2.96. The summed E-state index contributed by atoms with van der Waals surface area (Å²) >= 11 is 0. The van der Waals surface area contributed by atoms with Crippen molar-refractivity contribution in [3.63, 3.8) is 0 Å². The predicted octanol–water partition coefficient (Wildman–Crippen LogP) is -0.0554. The first-order chi connectivity index (χ1) is 8.66. The number of nitrogens with one attached hydrogen (secondary N) is 2. The molecule has 0 aromatic carbocycles. The van der Waals surface area contributed by atoms with Gasteiger partial charge in [-0.2, -0.15) is 0 Å². The molecule has 1 aromatic heterocycles. The van der Waals surface area contributed by atoms with Crippen LogP contribution in [0.5, 0.6) is 0 Å². The first kappa shape index (κ1) is 13.5. The predicted molar refractivity (Wildman–Crippen MR) is 69.7 cm³/mol.